The summed E-state index contributed by atoms with van der Waals surface area (Å²) in [5.74, 6) is 0.468. The standard InChI is InChI=1S/C13H9ClO4/c1-8(13(14)16)7-17-10-4-2-9-3-5-12(15)18-11(9)6-10/h2-6H,1,7H2. The van der Waals surface area contributed by atoms with Crippen molar-refractivity contribution in [2.75, 3.05) is 6.61 Å². The molecule has 2 rings (SSSR count). The molecule has 0 aliphatic heterocycles. The van der Waals surface area contributed by atoms with E-state index in [2.05, 4.69) is 6.58 Å². The third-order valence-electron chi connectivity index (χ3n) is 2.29. The Balaban J connectivity index is 2.22. The van der Waals surface area contributed by atoms with E-state index in [0.717, 1.165) is 5.39 Å². The topological polar surface area (TPSA) is 56.5 Å². The largest absolute Gasteiger partial charge is 0.489 e. The number of hydrogen-bond donors (Lipinski definition) is 0. The number of ether oxygens (including phenoxy) is 1. The molecule has 1 aromatic carbocycles. The Hall–Kier alpha value is -2.07. The van der Waals surface area contributed by atoms with Crippen LogP contribution in [-0.4, -0.2) is 11.8 Å². The van der Waals surface area contributed by atoms with Crippen LogP contribution in [0.25, 0.3) is 11.0 Å². The summed E-state index contributed by atoms with van der Waals surface area (Å²) in [6, 6.07) is 8.03. The Labute approximate surface area is 107 Å². The van der Waals surface area contributed by atoms with Crippen molar-refractivity contribution < 1.29 is 13.9 Å². The van der Waals surface area contributed by atoms with E-state index in [1.807, 2.05) is 0 Å². The molecule has 18 heavy (non-hydrogen) atoms. The molecule has 0 N–H and O–H groups in total. The van der Waals surface area contributed by atoms with Gasteiger partial charge in [0.25, 0.3) is 5.24 Å². The molecule has 92 valence electrons. The van der Waals surface area contributed by atoms with Gasteiger partial charge in [-0.2, -0.15) is 0 Å². The van der Waals surface area contributed by atoms with E-state index in [0.29, 0.717) is 11.3 Å². The average molecular weight is 265 g/mol. The Morgan fingerprint density at radius 2 is 2.06 bits per heavy atom. The van der Waals surface area contributed by atoms with Gasteiger partial charge in [-0.3, -0.25) is 4.79 Å². The molecular weight excluding hydrogens is 256 g/mol. The van der Waals surface area contributed by atoms with Crippen molar-refractivity contribution >= 4 is 27.8 Å². The fourth-order valence-corrected chi connectivity index (χ4v) is 1.41. The molecule has 0 spiro atoms. The zero-order valence-electron chi connectivity index (χ0n) is 9.31. The smallest absolute Gasteiger partial charge is 0.336 e. The van der Waals surface area contributed by atoms with Crippen LogP contribution in [0.5, 0.6) is 5.75 Å². The van der Waals surface area contributed by atoms with Gasteiger partial charge in [-0.15, -0.1) is 0 Å². The van der Waals surface area contributed by atoms with E-state index < -0.39 is 10.9 Å². The highest BCUT2D eigenvalue weighted by molar-refractivity contribution is 6.67. The van der Waals surface area contributed by atoms with Gasteiger partial charge in [0.15, 0.2) is 0 Å². The lowest BCUT2D eigenvalue weighted by Crippen LogP contribution is -2.05. The Kier molecular flexibility index (Phi) is 3.48. The van der Waals surface area contributed by atoms with Gasteiger partial charge in [0.05, 0.1) is 0 Å². The Morgan fingerprint density at radius 3 is 2.78 bits per heavy atom. The minimum absolute atomic E-state index is 0.00902. The molecule has 0 unspecified atom stereocenters. The Morgan fingerprint density at radius 1 is 1.33 bits per heavy atom. The molecule has 4 nitrogen and oxygen atoms in total. The average Bonchev–Trinajstić information content (AvgIpc) is 2.35. The summed E-state index contributed by atoms with van der Waals surface area (Å²) in [5, 5.41) is 0.150. The lowest BCUT2D eigenvalue weighted by molar-refractivity contribution is -0.108. The van der Waals surface area contributed by atoms with Gasteiger partial charge >= 0.3 is 5.63 Å². The van der Waals surface area contributed by atoms with Crippen molar-refractivity contribution in [1.29, 1.82) is 0 Å². The first-order valence-electron chi connectivity index (χ1n) is 5.10. The molecule has 0 radical (unpaired) electrons. The molecule has 0 atom stereocenters. The van der Waals surface area contributed by atoms with Crippen molar-refractivity contribution in [2.24, 2.45) is 0 Å². The van der Waals surface area contributed by atoms with Gasteiger partial charge in [-0.05, 0) is 29.8 Å². The first-order chi connectivity index (χ1) is 8.56. The van der Waals surface area contributed by atoms with Crippen LogP contribution in [0.4, 0.5) is 0 Å². The molecule has 0 bridgehead atoms. The number of carbonyl (C=O) groups is 1. The van der Waals surface area contributed by atoms with Crippen molar-refractivity contribution in [2.45, 2.75) is 0 Å². The second-order valence-electron chi connectivity index (χ2n) is 3.62. The molecule has 0 aliphatic rings. The first kappa shape index (κ1) is 12.4. The fourth-order valence-electron chi connectivity index (χ4n) is 1.36. The molecule has 0 amide bonds. The van der Waals surface area contributed by atoms with E-state index in [1.165, 1.54) is 6.07 Å². The summed E-state index contributed by atoms with van der Waals surface area (Å²) >= 11 is 5.23. The number of hydrogen-bond acceptors (Lipinski definition) is 4. The van der Waals surface area contributed by atoms with Crippen molar-refractivity contribution in [1.82, 2.24) is 0 Å². The highest BCUT2D eigenvalue weighted by Gasteiger charge is 2.05. The van der Waals surface area contributed by atoms with E-state index in [4.69, 9.17) is 20.8 Å². The van der Waals surface area contributed by atoms with Crippen molar-refractivity contribution in [3.8, 4) is 5.75 Å². The van der Waals surface area contributed by atoms with Crippen LogP contribution in [0.1, 0.15) is 0 Å². The fraction of sp³-hybridized carbons (Fsp3) is 0.0769. The van der Waals surface area contributed by atoms with Crippen LogP contribution in [-0.2, 0) is 4.79 Å². The minimum Gasteiger partial charge on any atom is -0.489 e. The quantitative estimate of drug-likeness (QED) is 0.484. The van der Waals surface area contributed by atoms with E-state index in [9.17, 15) is 9.59 Å². The Bertz CT molecular complexity index is 672. The number of halogens is 1. The molecule has 2 aromatic rings. The maximum Gasteiger partial charge on any atom is 0.336 e. The van der Waals surface area contributed by atoms with Gasteiger partial charge in [0.2, 0.25) is 0 Å². The molecule has 1 heterocycles. The third-order valence-corrected chi connectivity index (χ3v) is 2.55. The SMILES string of the molecule is C=C(COc1ccc2ccc(=O)oc2c1)C(=O)Cl. The van der Waals surface area contributed by atoms with Crippen LogP contribution in [0.15, 0.2) is 51.7 Å². The maximum atomic E-state index is 11.1. The van der Waals surface area contributed by atoms with Crippen LogP contribution in [0.2, 0.25) is 0 Å². The van der Waals surface area contributed by atoms with Crippen LogP contribution >= 0.6 is 11.6 Å². The molecule has 5 heteroatoms. The summed E-state index contributed by atoms with van der Waals surface area (Å²) < 4.78 is 10.3. The summed E-state index contributed by atoms with van der Waals surface area (Å²) in [6.45, 7) is 3.46. The number of fused-ring (bicyclic) bond motifs is 1. The van der Waals surface area contributed by atoms with Crippen molar-refractivity contribution in [3.05, 3.63) is 52.9 Å². The number of benzene rings is 1. The monoisotopic (exact) mass is 264 g/mol. The maximum absolute atomic E-state index is 11.1. The summed E-state index contributed by atoms with van der Waals surface area (Å²) in [6.07, 6.45) is 0. The molecular formula is C13H9ClO4. The van der Waals surface area contributed by atoms with E-state index in [-0.39, 0.29) is 12.2 Å². The zero-order chi connectivity index (χ0) is 13.1. The molecule has 0 saturated carbocycles. The van der Waals surface area contributed by atoms with Gasteiger partial charge in [0, 0.05) is 23.1 Å². The lowest BCUT2D eigenvalue weighted by atomic mass is 10.2. The first-order valence-corrected chi connectivity index (χ1v) is 5.48. The third kappa shape index (κ3) is 2.78. The van der Waals surface area contributed by atoms with Crippen molar-refractivity contribution in [3.63, 3.8) is 0 Å². The molecule has 0 fully saturated rings. The molecule has 0 saturated heterocycles. The second-order valence-corrected chi connectivity index (χ2v) is 3.96. The predicted octanol–water partition coefficient (Wildman–Crippen LogP) is 2.49. The highest BCUT2D eigenvalue weighted by atomic mass is 35.5. The van der Waals surface area contributed by atoms with E-state index in [1.54, 1.807) is 24.3 Å². The van der Waals surface area contributed by atoms with E-state index >= 15 is 0 Å². The lowest BCUT2D eigenvalue weighted by Gasteiger charge is -2.06. The van der Waals surface area contributed by atoms with Gasteiger partial charge < -0.3 is 9.15 Å². The van der Waals surface area contributed by atoms with Crippen LogP contribution < -0.4 is 10.4 Å². The van der Waals surface area contributed by atoms with Crippen LogP contribution in [0, 0.1) is 0 Å². The van der Waals surface area contributed by atoms with Gasteiger partial charge in [-0.25, -0.2) is 4.79 Å². The van der Waals surface area contributed by atoms with Gasteiger partial charge in [0.1, 0.15) is 17.9 Å². The summed E-state index contributed by atoms with van der Waals surface area (Å²) in [7, 11) is 0. The predicted molar refractivity (Wildman–Crippen MR) is 68.0 cm³/mol. The second kappa shape index (κ2) is 5.06. The highest BCUT2D eigenvalue weighted by Crippen LogP contribution is 2.19. The summed E-state index contributed by atoms with van der Waals surface area (Å²) in [5.41, 5.74) is 0.147. The number of rotatable bonds is 4. The molecule has 1 aromatic heterocycles. The minimum atomic E-state index is -0.637. The van der Waals surface area contributed by atoms with Gasteiger partial charge in [-0.1, -0.05) is 6.58 Å². The molecule has 0 aliphatic carbocycles. The number of carbonyl (C=O) groups excluding carboxylic acids is 1. The normalized spacial score (nSPS) is 10.3. The van der Waals surface area contributed by atoms with Crippen LogP contribution in [0.3, 0.4) is 0 Å². The zero-order valence-corrected chi connectivity index (χ0v) is 10.1. The summed E-state index contributed by atoms with van der Waals surface area (Å²) in [4.78, 5) is 21.8.